The van der Waals surface area contributed by atoms with Crippen molar-refractivity contribution in [2.24, 2.45) is 0 Å². The molecule has 1 aromatic heterocycles. The molecule has 3 rings (SSSR count). The summed E-state index contributed by atoms with van der Waals surface area (Å²) in [5.74, 6) is 0.727. The Morgan fingerprint density at radius 2 is 1.69 bits per heavy atom. The third-order valence-corrected chi connectivity index (χ3v) is 4.62. The molecule has 0 unspecified atom stereocenters. The number of aromatic nitrogens is 1. The molecule has 6 nitrogen and oxygen atoms in total. The highest BCUT2D eigenvalue weighted by atomic mass is 16.5. The Hall–Kier alpha value is -2.89. The van der Waals surface area contributed by atoms with Crippen molar-refractivity contribution in [1.29, 1.82) is 0 Å². The molecule has 1 fully saturated rings. The highest BCUT2D eigenvalue weighted by Gasteiger charge is 2.23. The number of hydrogen-bond acceptors (Lipinski definition) is 4. The van der Waals surface area contributed by atoms with Crippen LogP contribution in [0.15, 0.2) is 42.7 Å². The summed E-state index contributed by atoms with van der Waals surface area (Å²) in [5, 5.41) is 0. The van der Waals surface area contributed by atoms with Crippen molar-refractivity contribution in [2.75, 3.05) is 33.3 Å². The predicted molar refractivity (Wildman–Crippen MR) is 98.4 cm³/mol. The van der Waals surface area contributed by atoms with E-state index in [1.165, 1.54) is 0 Å². The summed E-state index contributed by atoms with van der Waals surface area (Å²) in [4.78, 5) is 33.0. The van der Waals surface area contributed by atoms with Gasteiger partial charge in [-0.15, -0.1) is 0 Å². The fourth-order valence-corrected chi connectivity index (χ4v) is 3.19. The zero-order chi connectivity index (χ0) is 18.5. The molecule has 0 N–H and O–H groups in total. The van der Waals surface area contributed by atoms with Gasteiger partial charge in [0, 0.05) is 44.1 Å². The van der Waals surface area contributed by atoms with E-state index in [4.69, 9.17) is 4.74 Å². The third-order valence-electron chi connectivity index (χ3n) is 4.62. The molecule has 0 bridgehead atoms. The number of pyridine rings is 1. The van der Waals surface area contributed by atoms with Crippen molar-refractivity contribution in [3.8, 4) is 5.75 Å². The van der Waals surface area contributed by atoms with E-state index in [2.05, 4.69) is 4.98 Å². The molecule has 0 radical (unpaired) electrons. The minimum absolute atomic E-state index is 0.00794. The number of nitrogens with zero attached hydrogens (tertiary/aromatic N) is 3. The highest BCUT2D eigenvalue weighted by molar-refractivity contribution is 5.95. The van der Waals surface area contributed by atoms with Crippen LogP contribution in [0.3, 0.4) is 0 Å². The summed E-state index contributed by atoms with van der Waals surface area (Å²) < 4.78 is 5.25. The molecule has 1 saturated heterocycles. The van der Waals surface area contributed by atoms with Crippen LogP contribution < -0.4 is 4.74 Å². The van der Waals surface area contributed by atoms with Crippen LogP contribution in [0, 0.1) is 6.92 Å². The predicted octanol–water partition coefficient (Wildman–Crippen LogP) is 2.39. The lowest BCUT2D eigenvalue weighted by molar-refractivity contribution is 0.0718. The van der Waals surface area contributed by atoms with Crippen LogP contribution in [0.4, 0.5) is 0 Å². The van der Waals surface area contributed by atoms with Crippen molar-refractivity contribution in [3.05, 3.63) is 59.4 Å². The second-order valence-corrected chi connectivity index (χ2v) is 6.36. The molecule has 2 heterocycles. The van der Waals surface area contributed by atoms with Crippen molar-refractivity contribution in [2.45, 2.75) is 13.3 Å². The van der Waals surface area contributed by atoms with Gasteiger partial charge in [0.25, 0.3) is 11.8 Å². The molecule has 0 saturated carbocycles. The Morgan fingerprint density at radius 3 is 2.27 bits per heavy atom. The number of benzene rings is 1. The first kappa shape index (κ1) is 17.9. The Kier molecular flexibility index (Phi) is 5.51. The van der Waals surface area contributed by atoms with Crippen LogP contribution in [-0.2, 0) is 0 Å². The first-order chi connectivity index (χ1) is 12.6. The number of carbonyl (C=O) groups is 2. The molecule has 26 heavy (non-hydrogen) atoms. The Bertz CT molecular complexity index is 792. The second-order valence-electron chi connectivity index (χ2n) is 6.36. The molecule has 2 amide bonds. The molecule has 0 spiro atoms. The van der Waals surface area contributed by atoms with Crippen molar-refractivity contribution in [1.82, 2.24) is 14.8 Å². The normalized spacial score (nSPS) is 14.7. The first-order valence-corrected chi connectivity index (χ1v) is 8.73. The van der Waals surface area contributed by atoms with Crippen LogP contribution in [0.5, 0.6) is 5.75 Å². The first-order valence-electron chi connectivity index (χ1n) is 8.73. The van der Waals surface area contributed by atoms with Crippen LogP contribution in [0.1, 0.15) is 32.7 Å². The lowest BCUT2D eigenvalue weighted by Crippen LogP contribution is -2.37. The fourth-order valence-electron chi connectivity index (χ4n) is 3.19. The Labute approximate surface area is 153 Å². The van der Waals surface area contributed by atoms with Crippen LogP contribution in [0.25, 0.3) is 0 Å². The zero-order valence-corrected chi connectivity index (χ0v) is 15.1. The maximum absolute atomic E-state index is 12.8. The monoisotopic (exact) mass is 353 g/mol. The third kappa shape index (κ3) is 3.85. The topological polar surface area (TPSA) is 62.7 Å². The van der Waals surface area contributed by atoms with Crippen LogP contribution in [0.2, 0.25) is 0 Å². The molecule has 1 aliphatic rings. The molecule has 0 atom stereocenters. The van der Waals surface area contributed by atoms with E-state index in [1.807, 2.05) is 24.0 Å². The molecular formula is C20H23N3O3. The number of hydrogen-bond donors (Lipinski definition) is 0. The molecule has 1 aliphatic heterocycles. The van der Waals surface area contributed by atoms with E-state index in [0.717, 1.165) is 17.7 Å². The van der Waals surface area contributed by atoms with Gasteiger partial charge in [0.15, 0.2) is 0 Å². The summed E-state index contributed by atoms with van der Waals surface area (Å²) in [5.41, 5.74) is 2.16. The van der Waals surface area contributed by atoms with Gasteiger partial charge in [-0.05, 0) is 49.2 Å². The average Bonchev–Trinajstić information content (AvgIpc) is 2.93. The maximum Gasteiger partial charge on any atom is 0.255 e. The Morgan fingerprint density at radius 1 is 1.00 bits per heavy atom. The molecule has 2 aromatic rings. The average molecular weight is 353 g/mol. The number of rotatable bonds is 3. The van der Waals surface area contributed by atoms with Crippen LogP contribution in [-0.4, -0.2) is 59.9 Å². The standard InChI is InChI=1S/C20H23N3O3/c1-15-13-16(6-7-18(15)26-2)19(24)22-9-4-10-23(12-11-22)20(25)17-5-3-8-21-14-17/h3,5-8,13-14H,4,9-12H2,1-2H3. The van der Waals surface area contributed by atoms with Gasteiger partial charge in [0.2, 0.25) is 0 Å². The van der Waals surface area contributed by atoms with E-state index < -0.39 is 0 Å². The van der Waals surface area contributed by atoms with Gasteiger partial charge in [-0.25, -0.2) is 0 Å². The van der Waals surface area contributed by atoms with Gasteiger partial charge in [-0.2, -0.15) is 0 Å². The molecular weight excluding hydrogens is 330 g/mol. The summed E-state index contributed by atoms with van der Waals surface area (Å²) in [6.07, 6.45) is 3.99. The number of amides is 2. The smallest absolute Gasteiger partial charge is 0.255 e. The summed E-state index contributed by atoms with van der Waals surface area (Å²) in [6.45, 7) is 4.25. The summed E-state index contributed by atoms with van der Waals surface area (Å²) >= 11 is 0. The SMILES string of the molecule is COc1ccc(C(=O)N2CCCN(C(=O)c3cccnc3)CC2)cc1C. The molecule has 136 valence electrons. The number of ether oxygens (including phenoxy) is 1. The highest BCUT2D eigenvalue weighted by Crippen LogP contribution is 2.20. The van der Waals surface area contributed by atoms with Crippen molar-refractivity contribution in [3.63, 3.8) is 0 Å². The minimum atomic E-state index is -0.0345. The lowest BCUT2D eigenvalue weighted by atomic mass is 10.1. The van der Waals surface area contributed by atoms with E-state index in [1.54, 1.807) is 42.6 Å². The quantitative estimate of drug-likeness (QED) is 0.850. The van der Waals surface area contributed by atoms with Gasteiger partial charge in [-0.1, -0.05) is 0 Å². The molecule has 1 aromatic carbocycles. The number of aryl methyl sites for hydroxylation is 1. The second kappa shape index (κ2) is 7.99. The largest absolute Gasteiger partial charge is 0.496 e. The van der Waals surface area contributed by atoms with Crippen LogP contribution >= 0.6 is 0 Å². The number of carbonyl (C=O) groups excluding carboxylic acids is 2. The zero-order valence-electron chi connectivity index (χ0n) is 15.1. The maximum atomic E-state index is 12.8. The Balaban J connectivity index is 1.67. The summed E-state index contributed by atoms with van der Waals surface area (Å²) in [7, 11) is 1.62. The minimum Gasteiger partial charge on any atom is -0.496 e. The van der Waals surface area contributed by atoms with E-state index in [0.29, 0.717) is 37.3 Å². The van der Waals surface area contributed by atoms with E-state index in [9.17, 15) is 9.59 Å². The van der Waals surface area contributed by atoms with Crippen molar-refractivity contribution >= 4 is 11.8 Å². The van der Waals surface area contributed by atoms with E-state index in [-0.39, 0.29) is 11.8 Å². The number of methoxy groups -OCH3 is 1. The van der Waals surface area contributed by atoms with Gasteiger partial charge < -0.3 is 14.5 Å². The lowest BCUT2D eigenvalue weighted by Gasteiger charge is -2.22. The van der Waals surface area contributed by atoms with Gasteiger partial charge >= 0.3 is 0 Å². The van der Waals surface area contributed by atoms with Crippen molar-refractivity contribution < 1.29 is 14.3 Å². The molecule has 6 heteroatoms. The summed E-state index contributed by atoms with van der Waals surface area (Å²) in [6, 6.07) is 8.98. The van der Waals surface area contributed by atoms with Gasteiger partial charge in [0.1, 0.15) is 5.75 Å². The van der Waals surface area contributed by atoms with Gasteiger partial charge in [-0.3, -0.25) is 14.6 Å². The van der Waals surface area contributed by atoms with E-state index >= 15 is 0 Å². The fraction of sp³-hybridized carbons (Fsp3) is 0.350. The van der Waals surface area contributed by atoms with Gasteiger partial charge in [0.05, 0.1) is 12.7 Å². The molecule has 0 aliphatic carbocycles.